The fourth-order valence-corrected chi connectivity index (χ4v) is 4.11. The number of anilines is 1. The van der Waals surface area contributed by atoms with Gasteiger partial charge in [0.05, 0.1) is 15.8 Å². The molecule has 2 aromatic carbocycles. The first-order valence-corrected chi connectivity index (χ1v) is 10.3. The van der Waals surface area contributed by atoms with Gasteiger partial charge in [-0.25, -0.2) is 4.98 Å². The zero-order valence-corrected chi connectivity index (χ0v) is 17.6. The molecule has 0 unspecified atom stereocenters. The summed E-state index contributed by atoms with van der Waals surface area (Å²) in [7, 11) is 0. The molecule has 2 aromatic heterocycles. The highest BCUT2D eigenvalue weighted by Crippen LogP contribution is 2.30. The molecule has 0 aliphatic heterocycles. The molecule has 28 heavy (non-hydrogen) atoms. The van der Waals surface area contributed by atoms with E-state index in [1.54, 1.807) is 23.6 Å². The van der Waals surface area contributed by atoms with Gasteiger partial charge >= 0.3 is 0 Å². The Kier molecular flexibility index (Phi) is 5.43. The molecule has 2 heterocycles. The van der Waals surface area contributed by atoms with E-state index in [0.717, 1.165) is 30.9 Å². The Bertz CT molecular complexity index is 1140. The number of hydrogen-bond acceptors (Lipinski definition) is 5. The molecule has 1 amide bonds. The van der Waals surface area contributed by atoms with E-state index in [1.807, 2.05) is 42.5 Å². The first kappa shape index (κ1) is 18.7. The molecule has 0 spiro atoms. The standard InChI is InChI=1S/C20H13BrN4OS2/c21-14-9-13(10-22-11-14)18(26)25-20(27)23-15-7-5-12(6-8-15)19-24-16-3-1-2-4-17(16)28-19/h1-11H,(H2,23,25,26,27). The Morgan fingerprint density at radius 1 is 1.07 bits per heavy atom. The van der Waals surface area contributed by atoms with Crippen molar-refractivity contribution < 1.29 is 4.79 Å². The summed E-state index contributed by atoms with van der Waals surface area (Å²) in [6, 6.07) is 17.5. The lowest BCUT2D eigenvalue weighted by molar-refractivity contribution is 0.0977. The molecule has 5 nitrogen and oxygen atoms in total. The molecule has 4 aromatic rings. The van der Waals surface area contributed by atoms with Gasteiger partial charge in [-0.05, 0) is 70.6 Å². The van der Waals surface area contributed by atoms with Crippen LogP contribution in [0.1, 0.15) is 10.4 Å². The Hall–Kier alpha value is -2.68. The third kappa shape index (κ3) is 4.24. The van der Waals surface area contributed by atoms with Crippen molar-refractivity contribution in [1.29, 1.82) is 0 Å². The number of carbonyl (C=O) groups is 1. The number of halogens is 1. The van der Waals surface area contributed by atoms with E-state index in [-0.39, 0.29) is 11.0 Å². The van der Waals surface area contributed by atoms with Gasteiger partial charge in [0.25, 0.3) is 5.91 Å². The lowest BCUT2D eigenvalue weighted by Crippen LogP contribution is -2.34. The number of nitrogens with one attached hydrogen (secondary N) is 2. The van der Waals surface area contributed by atoms with Gasteiger partial charge in [0, 0.05) is 28.1 Å². The summed E-state index contributed by atoms with van der Waals surface area (Å²) in [5.41, 5.74) is 3.23. The monoisotopic (exact) mass is 468 g/mol. The average molecular weight is 469 g/mol. The van der Waals surface area contributed by atoms with E-state index in [1.165, 1.54) is 6.20 Å². The summed E-state index contributed by atoms with van der Waals surface area (Å²) in [6.45, 7) is 0. The molecule has 0 atom stereocenters. The van der Waals surface area contributed by atoms with Gasteiger partial charge in [0.1, 0.15) is 5.01 Å². The van der Waals surface area contributed by atoms with Crippen molar-refractivity contribution in [2.75, 3.05) is 5.32 Å². The van der Waals surface area contributed by atoms with Crippen molar-refractivity contribution >= 4 is 66.4 Å². The van der Waals surface area contributed by atoms with E-state index < -0.39 is 0 Å². The van der Waals surface area contributed by atoms with Crippen LogP contribution in [0.25, 0.3) is 20.8 Å². The van der Waals surface area contributed by atoms with Crippen molar-refractivity contribution in [1.82, 2.24) is 15.3 Å². The fourth-order valence-electron chi connectivity index (χ4n) is 2.57. The highest BCUT2D eigenvalue weighted by Gasteiger charge is 2.10. The molecular formula is C20H13BrN4OS2. The van der Waals surface area contributed by atoms with Gasteiger partial charge < -0.3 is 5.32 Å². The maximum Gasteiger partial charge on any atom is 0.259 e. The summed E-state index contributed by atoms with van der Waals surface area (Å²) in [5.74, 6) is -0.322. The van der Waals surface area contributed by atoms with Crippen LogP contribution in [-0.4, -0.2) is 21.0 Å². The number of nitrogens with zero attached hydrogens (tertiary/aromatic N) is 2. The summed E-state index contributed by atoms with van der Waals surface area (Å²) in [5, 5.41) is 6.84. The normalized spacial score (nSPS) is 10.6. The number of thiocarbonyl (C=S) groups is 1. The zero-order valence-electron chi connectivity index (χ0n) is 14.3. The second-order valence-electron chi connectivity index (χ2n) is 5.86. The van der Waals surface area contributed by atoms with E-state index in [9.17, 15) is 4.79 Å². The van der Waals surface area contributed by atoms with Gasteiger partial charge in [-0.1, -0.05) is 12.1 Å². The Balaban J connectivity index is 1.42. The van der Waals surface area contributed by atoms with Crippen LogP contribution in [0.4, 0.5) is 5.69 Å². The smallest absolute Gasteiger partial charge is 0.259 e. The van der Waals surface area contributed by atoms with Crippen LogP contribution in [0, 0.1) is 0 Å². The number of thiazole rings is 1. The summed E-state index contributed by atoms with van der Waals surface area (Å²) in [4.78, 5) is 20.8. The molecule has 0 fully saturated rings. The zero-order chi connectivity index (χ0) is 19.5. The SMILES string of the molecule is O=C(NC(=S)Nc1ccc(-c2nc3ccccc3s2)cc1)c1cncc(Br)c1. The molecule has 0 bridgehead atoms. The average Bonchev–Trinajstić information content (AvgIpc) is 3.12. The molecular weight excluding hydrogens is 456 g/mol. The Morgan fingerprint density at radius 2 is 1.86 bits per heavy atom. The van der Waals surface area contributed by atoms with Crippen molar-refractivity contribution in [2.24, 2.45) is 0 Å². The lowest BCUT2D eigenvalue weighted by atomic mass is 10.2. The second-order valence-corrected chi connectivity index (χ2v) is 8.22. The maximum atomic E-state index is 12.2. The molecule has 2 N–H and O–H groups in total. The highest BCUT2D eigenvalue weighted by molar-refractivity contribution is 9.10. The largest absolute Gasteiger partial charge is 0.332 e. The molecule has 0 aliphatic rings. The van der Waals surface area contributed by atoms with Crippen molar-refractivity contribution in [3.05, 3.63) is 77.0 Å². The number of pyridine rings is 1. The third-order valence-electron chi connectivity index (χ3n) is 3.88. The van der Waals surface area contributed by atoms with E-state index in [0.29, 0.717) is 5.56 Å². The van der Waals surface area contributed by atoms with Crippen LogP contribution in [0.2, 0.25) is 0 Å². The Labute approximate surface area is 179 Å². The van der Waals surface area contributed by atoms with Gasteiger partial charge in [-0.15, -0.1) is 11.3 Å². The highest BCUT2D eigenvalue weighted by atomic mass is 79.9. The molecule has 8 heteroatoms. The number of rotatable bonds is 3. The molecule has 0 aliphatic carbocycles. The fraction of sp³-hybridized carbons (Fsp3) is 0. The topological polar surface area (TPSA) is 66.9 Å². The van der Waals surface area contributed by atoms with Crippen LogP contribution in [0.3, 0.4) is 0 Å². The maximum absolute atomic E-state index is 12.2. The van der Waals surface area contributed by atoms with E-state index in [2.05, 4.69) is 42.6 Å². The van der Waals surface area contributed by atoms with Crippen LogP contribution in [-0.2, 0) is 0 Å². The lowest BCUT2D eigenvalue weighted by Gasteiger charge is -2.10. The predicted octanol–water partition coefficient (Wildman–Crippen LogP) is 5.25. The first-order chi connectivity index (χ1) is 13.6. The minimum absolute atomic E-state index is 0.220. The first-order valence-electron chi connectivity index (χ1n) is 8.27. The van der Waals surface area contributed by atoms with Crippen molar-refractivity contribution in [2.45, 2.75) is 0 Å². The quantitative estimate of drug-likeness (QED) is 0.402. The van der Waals surface area contributed by atoms with E-state index >= 15 is 0 Å². The summed E-state index contributed by atoms with van der Waals surface area (Å²) in [6.07, 6.45) is 3.09. The van der Waals surface area contributed by atoms with Gasteiger partial charge in [0.2, 0.25) is 0 Å². The van der Waals surface area contributed by atoms with Crippen LogP contribution in [0.15, 0.2) is 71.5 Å². The summed E-state index contributed by atoms with van der Waals surface area (Å²) >= 11 is 10.2. The molecule has 0 saturated carbocycles. The molecule has 0 saturated heterocycles. The van der Waals surface area contributed by atoms with Crippen molar-refractivity contribution in [3.8, 4) is 10.6 Å². The third-order valence-corrected chi connectivity index (χ3v) is 5.60. The minimum Gasteiger partial charge on any atom is -0.332 e. The van der Waals surface area contributed by atoms with Crippen LogP contribution < -0.4 is 10.6 Å². The molecule has 138 valence electrons. The van der Waals surface area contributed by atoms with Crippen LogP contribution >= 0.6 is 39.5 Å². The number of para-hydroxylation sites is 1. The number of aromatic nitrogens is 2. The Morgan fingerprint density at radius 3 is 2.61 bits per heavy atom. The number of carbonyl (C=O) groups excluding carboxylic acids is 1. The van der Waals surface area contributed by atoms with Crippen molar-refractivity contribution in [3.63, 3.8) is 0 Å². The molecule has 0 radical (unpaired) electrons. The number of amides is 1. The van der Waals surface area contributed by atoms with Gasteiger partial charge in [-0.2, -0.15) is 0 Å². The second kappa shape index (κ2) is 8.14. The van der Waals surface area contributed by atoms with Crippen LogP contribution in [0.5, 0.6) is 0 Å². The summed E-state index contributed by atoms with van der Waals surface area (Å²) < 4.78 is 1.88. The predicted molar refractivity (Wildman–Crippen MR) is 121 cm³/mol. The molecule has 4 rings (SSSR count). The van der Waals surface area contributed by atoms with Gasteiger partial charge in [0.15, 0.2) is 5.11 Å². The number of hydrogen-bond donors (Lipinski definition) is 2. The van der Waals surface area contributed by atoms with Gasteiger partial charge in [-0.3, -0.25) is 15.1 Å². The number of fused-ring (bicyclic) bond motifs is 1. The minimum atomic E-state index is -0.322. The number of benzene rings is 2. The van der Waals surface area contributed by atoms with E-state index in [4.69, 9.17) is 12.2 Å².